The van der Waals surface area contributed by atoms with E-state index in [2.05, 4.69) is 28.1 Å². The lowest BCUT2D eigenvalue weighted by molar-refractivity contribution is 0.0606. The number of hydrogen-bond acceptors (Lipinski definition) is 4. The molecule has 0 radical (unpaired) electrons. The van der Waals surface area contributed by atoms with Gasteiger partial charge in [-0.1, -0.05) is 42.5 Å². The minimum Gasteiger partial charge on any atom is -0.336 e. The molecule has 146 valence electrons. The predicted octanol–water partition coefficient (Wildman–Crippen LogP) is 3.39. The SMILES string of the molecule is CN1C(=O)c2ccccc2C(=O)[C@@]2(C)CN(Cc3cccc4cccnc34)C[C@@H]12. The van der Waals surface area contributed by atoms with Crippen molar-refractivity contribution in [2.24, 2.45) is 5.41 Å². The fourth-order valence-electron chi connectivity index (χ4n) is 5.02. The summed E-state index contributed by atoms with van der Waals surface area (Å²) in [5.74, 6) is -0.00861. The zero-order valence-electron chi connectivity index (χ0n) is 16.6. The first-order valence-electron chi connectivity index (χ1n) is 9.95. The molecule has 0 spiro atoms. The number of benzene rings is 2. The van der Waals surface area contributed by atoms with Gasteiger partial charge in [0, 0.05) is 43.8 Å². The van der Waals surface area contributed by atoms with Crippen molar-refractivity contribution in [3.8, 4) is 0 Å². The molecule has 3 heterocycles. The number of pyridine rings is 1. The Kier molecular flexibility index (Phi) is 4.03. The van der Waals surface area contributed by atoms with E-state index in [0.717, 1.165) is 16.5 Å². The number of nitrogens with zero attached hydrogens (tertiary/aromatic N) is 3. The van der Waals surface area contributed by atoms with Crippen LogP contribution in [0.4, 0.5) is 0 Å². The molecule has 1 fully saturated rings. The Morgan fingerprint density at radius 1 is 1.03 bits per heavy atom. The Balaban J connectivity index is 1.51. The van der Waals surface area contributed by atoms with Crippen LogP contribution in [0.5, 0.6) is 0 Å². The van der Waals surface area contributed by atoms with Crippen molar-refractivity contribution in [1.29, 1.82) is 0 Å². The number of para-hydroxylation sites is 1. The van der Waals surface area contributed by atoms with Crippen LogP contribution in [0.2, 0.25) is 0 Å². The Morgan fingerprint density at radius 2 is 1.79 bits per heavy atom. The highest BCUT2D eigenvalue weighted by Crippen LogP contribution is 2.41. The summed E-state index contributed by atoms with van der Waals surface area (Å²) >= 11 is 0. The lowest BCUT2D eigenvalue weighted by Crippen LogP contribution is -2.47. The largest absolute Gasteiger partial charge is 0.336 e. The van der Waals surface area contributed by atoms with Gasteiger partial charge in [-0.2, -0.15) is 0 Å². The third-order valence-corrected chi connectivity index (χ3v) is 6.54. The van der Waals surface area contributed by atoms with Gasteiger partial charge in [0.1, 0.15) is 0 Å². The molecule has 1 aromatic heterocycles. The molecular weight excluding hydrogens is 362 g/mol. The number of Topliss-reactive ketones (excluding diaryl/α,β-unsaturated/α-hetero) is 1. The average molecular weight is 385 g/mol. The van der Waals surface area contributed by atoms with Crippen molar-refractivity contribution in [2.75, 3.05) is 20.1 Å². The first-order valence-corrected chi connectivity index (χ1v) is 9.95. The molecule has 3 aromatic rings. The summed E-state index contributed by atoms with van der Waals surface area (Å²) in [6, 6.07) is 17.3. The minimum absolute atomic E-state index is 0.0642. The quantitative estimate of drug-likeness (QED) is 0.679. The van der Waals surface area contributed by atoms with E-state index in [4.69, 9.17) is 0 Å². The normalized spacial score (nSPS) is 24.5. The van der Waals surface area contributed by atoms with Gasteiger partial charge in [-0.05, 0) is 24.6 Å². The van der Waals surface area contributed by atoms with E-state index >= 15 is 0 Å². The third kappa shape index (κ3) is 2.69. The van der Waals surface area contributed by atoms with Crippen molar-refractivity contribution in [3.05, 3.63) is 77.5 Å². The fourth-order valence-corrected chi connectivity index (χ4v) is 5.02. The molecule has 1 amide bonds. The molecule has 0 unspecified atom stereocenters. The summed E-state index contributed by atoms with van der Waals surface area (Å²) in [5.41, 5.74) is 2.57. The number of likely N-dealkylation sites (N-methyl/N-ethyl adjacent to an activating group) is 1. The molecule has 0 bridgehead atoms. The maximum absolute atomic E-state index is 13.5. The maximum Gasteiger partial charge on any atom is 0.254 e. The van der Waals surface area contributed by atoms with E-state index in [-0.39, 0.29) is 17.7 Å². The summed E-state index contributed by atoms with van der Waals surface area (Å²) in [6.45, 7) is 4.00. The van der Waals surface area contributed by atoms with E-state index < -0.39 is 5.41 Å². The summed E-state index contributed by atoms with van der Waals surface area (Å²) < 4.78 is 0. The monoisotopic (exact) mass is 385 g/mol. The highest BCUT2D eigenvalue weighted by Gasteiger charge is 2.53. The first-order chi connectivity index (χ1) is 14.0. The van der Waals surface area contributed by atoms with E-state index in [9.17, 15) is 9.59 Å². The van der Waals surface area contributed by atoms with Crippen LogP contribution in [0.15, 0.2) is 60.8 Å². The highest BCUT2D eigenvalue weighted by atomic mass is 16.2. The summed E-state index contributed by atoms with van der Waals surface area (Å²) in [4.78, 5) is 35.2. The summed E-state index contributed by atoms with van der Waals surface area (Å²) in [7, 11) is 1.82. The van der Waals surface area contributed by atoms with E-state index in [1.54, 1.807) is 17.0 Å². The molecule has 0 saturated carbocycles. The van der Waals surface area contributed by atoms with Crippen LogP contribution in [0.3, 0.4) is 0 Å². The van der Waals surface area contributed by atoms with Crippen LogP contribution in [-0.4, -0.2) is 52.7 Å². The average Bonchev–Trinajstić information content (AvgIpc) is 3.07. The summed E-state index contributed by atoms with van der Waals surface area (Å²) in [5, 5.41) is 1.11. The standard InChI is InChI=1S/C24H23N3O2/c1-24-15-27(13-17-8-5-7-16-9-6-12-25-21(16)17)14-20(24)26(2)23(29)19-11-4-3-10-18(19)22(24)28/h3-12,20H,13-15H2,1-2H3/t20-,24+/m1/s1. The maximum atomic E-state index is 13.5. The van der Waals surface area contributed by atoms with Crippen molar-refractivity contribution in [3.63, 3.8) is 0 Å². The van der Waals surface area contributed by atoms with Gasteiger partial charge in [-0.15, -0.1) is 0 Å². The second-order valence-electron chi connectivity index (χ2n) is 8.39. The lowest BCUT2D eigenvalue weighted by atomic mass is 9.78. The second kappa shape index (κ2) is 6.49. The molecule has 2 aliphatic heterocycles. The number of carbonyl (C=O) groups excluding carboxylic acids is 2. The smallest absolute Gasteiger partial charge is 0.254 e. The number of fused-ring (bicyclic) bond motifs is 3. The Morgan fingerprint density at radius 3 is 2.62 bits per heavy atom. The molecule has 2 atom stereocenters. The third-order valence-electron chi connectivity index (χ3n) is 6.54. The number of hydrogen-bond donors (Lipinski definition) is 0. The molecule has 2 aliphatic rings. The molecule has 0 N–H and O–H groups in total. The molecule has 2 aromatic carbocycles. The zero-order chi connectivity index (χ0) is 20.2. The lowest BCUT2D eigenvalue weighted by Gasteiger charge is -2.32. The van der Waals surface area contributed by atoms with Crippen molar-refractivity contribution < 1.29 is 9.59 Å². The van der Waals surface area contributed by atoms with Gasteiger partial charge in [0.2, 0.25) is 0 Å². The van der Waals surface area contributed by atoms with Gasteiger partial charge in [0.15, 0.2) is 5.78 Å². The van der Waals surface area contributed by atoms with Crippen LogP contribution >= 0.6 is 0 Å². The van der Waals surface area contributed by atoms with Gasteiger partial charge in [0.25, 0.3) is 5.91 Å². The van der Waals surface area contributed by atoms with Gasteiger partial charge in [0.05, 0.1) is 22.5 Å². The fraction of sp³-hybridized carbons (Fsp3) is 0.292. The number of ketones is 1. The van der Waals surface area contributed by atoms with E-state index in [1.807, 2.05) is 44.4 Å². The zero-order valence-corrected chi connectivity index (χ0v) is 16.6. The molecule has 5 rings (SSSR count). The minimum atomic E-state index is -0.630. The molecule has 5 nitrogen and oxygen atoms in total. The van der Waals surface area contributed by atoms with Crippen molar-refractivity contribution in [1.82, 2.24) is 14.8 Å². The number of likely N-dealkylation sites (tertiary alicyclic amines) is 1. The van der Waals surface area contributed by atoms with Gasteiger partial charge < -0.3 is 4.90 Å². The Hall–Kier alpha value is -3.05. The predicted molar refractivity (Wildman–Crippen MR) is 112 cm³/mol. The first kappa shape index (κ1) is 18.0. The second-order valence-corrected chi connectivity index (χ2v) is 8.39. The van der Waals surface area contributed by atoms with Gasteiger partial charge in [-0.3, -0.25) is 19.5 Å². The van der Waals surface area contributed by atoms with Crippen molar-refractivity contribution >= 4 is 22.6 Å². The van der Waals surface area contributed by atoms with Crippen LogP contribution in [0.1, 0.15) is 33.2 Å². The molecule has 0 aliphatic carbocycles. The number of aromatic nitrogens is 1. The number of carbonyl (C=O) groups is 2. The van der Waals surface area contributed by atoms with Gasteiger partial charge >= 0.3 is 0 Å². The van der Waals surface area contributed by atoms with Crippen LogP contribution in [-0.2, 0) is 6.54 Å². The molecular formula is C24H23N3O2. The van der Waals surface area contributed by atoms with E-state index in [1.165, 1.54) is 0 Å². The molecule has 29 heavy (non-hydrogen) atoms. The Labute approximate surface area is 170 Å². The van der Waals surface area contributed by atoms with Crippen LogP contribution in [0, 0.1) is 5.41 Å². The van der Waals surface area contributed by atoms with Crippen LogP contribution < -0.4 is 0 Å². The molecule has 1 saturated heterocycles. The van der Waals surface area contributed by atoms with Gasteiger partial charge in [-0.25, -0.2) is 0 Å². The van der Waals surface area contributed by atoms with Crippen molar-refractivity contribution in [2.45, 2.75) is 19.5 Å². The van der Waals surface area contributed by atoms with Crippen LogP contribution in [0.25, 0.3) is 10.9 Å². The summed E-state index contributed by atoms with van der Waals surface area (Å²) in [6.07, 6.45) is 1.81. The Bertz CT molecular complexity index is 1140. The number of rotatable bonds is 2. The number of amides is 1. The molecule has 5 heteroatoms. The topological polar surface area (TPSA) is 53.5 Å². The van der Waals surface area contributed by atoms with E-state index in [0.29, 0.717) is 30.8 Å². The highest BCUT2D eigenvalue weighted by molar-refractivity contribution is 6.12.